The van der Waals surface area contributed by atoms with Crippen molar-refractivity contribution in [3.63, 3.8) is 0 Å². The van der Waals surface area contributed by atoms with E-state index in [1.165, 1.54) is 6.42 Å². The van der Waals surface area contributed by atoms with Gasteiger partial charge in [0.1, 0.15) is 0 Å². The predicted octanol–water partition coefficient (Wildman–Crippen LogP) is 1.33. The highest BCUT2D eigenvalue weighted by Gasteiger charge is 2.71. The average molecular weight is 257 g/mol. The zero-order valence-corrected chi connectivity index (χ0v) is 9.35. The maximum Gasteiger partial charge on any atom is 0.0801 e. The van der Waals surface area contributed by atoms with E-state index in [0.717, 1.165) is 0 Å². The number of fused-ring (bicyclic) bond motifs is 2. The number of ether oxygens (including phenoxy) is 1. The number of hydrogen-bond acceptors (Lipinski definition) is 2. The molecule has 14 heavy (non-hydrogen) atoms. The van der Waals surface area contributed by atoms with E-state index < -0.39 is 0 Å². The molecule has 2 bridgehead atoms. The molecular formula is C11H13BrO2. The third-order valence-corrected chi connectivity index (χ3v) is 6.12. The number of aliphatic hydroxyl groups is 1. The van der Waals surface area contributed by atoms with Crippen molar-refractivity contribution >= 4 is 15.9 Å². The normalized spacial score (nSPS) is 67.0. The van der Waals surface area contributed by atoms with Gasteiger partial charge in [-0.1, -0.05) is 28.1 Å². The Morgan fingerprint density at radius 1 is 1.57 bits per heavy atom. The van der Waals surface area contributed by atoms with Crippen LogP contribution in [0.1, 0.15) is 6.42 Å². The summed E-state index contributed by atoms with van der Waals surface area (Å²) in [5.74, 6) is 1.86. The van der Waals surface area contributed by atoms with E-state index in [0.29, 0.717) is 41.4 Å². The van der Waals surface area contributed by atoms with Crippen LogP contribution in [0, 0.1) is 23.2 Å². The molecule has 0 aromatic rings. The van der Waals surface area contributed by atoms with Gasteiger partial charge in [0.05, 0.1) is 18.8 Å². The average Bonchev–Trinajstić information content (AvgIpc) is 2.83. The molecule has 3 fully saturated rings. The summed E-state index contributed by atoms with van der Waals surface area (Å²) in [6.45, 7) is 0.296. The van der Waals surface area contributed by atoms with Crippen molar-refractivity contribution in [1.82, 2.24) is 0 Å². The van der Waals surface area contributed by atoms with Gasteiger partial charge in [0.2, 0.25) is 0 Å². The van der Waals surface area contributed by atoms with Crippen molar-refractivity contribution in [1.29, 1.82) is 0 Å². The zero-order chi connectivity index (χ0) is 9.50. The van der Waals surface area contributed by atoms with Gasteiger partial charge in [-0.2, -0.15) is 0 Å². The van der Waals surface area contributed by atoms with E-state index in [9.17, 15) is 5.11 Å². The van der Waals surface area contributed by atoms with Crippen LogP contribution in [-0.2, 0) is 4.74 Å². The van der Waals surface area contributed by atoms with Gasteiger partial charge >= 0.3 is 0 Å². The Hall–Kier alpha value is 0.140. The topological polar surface area (TPSA) is 29.5 Å². The summed E-state index contributed by atoms with van der Waals surface area (Å²) in [4.78, 5) is 0.464. The molecule has 7 unspecified atom stereocenters. The number of rotatable bonds is 1. The highest BCUT2D eigenvalue weighted by Crippen LogP contribution is 2.69. The number of hydrogen-bond donors (Lipinski definition) is 1. The van der Waals surface area contributed by atoms with E-state index in [1.54, 1.807) is 0 Å². The summed E-state index contributed by atoms with van der Waals surface area (Å²) in [6.07, 6.45) is 6.37. The second-order valence-corrected chi connectivity index (χ2v) is 6.23. The lowest BCUT2D eigenvalue weighted by Gasteiger charge is -2.38. The monoisotopic (exact) mass is 256 g/mol. The van der Waals surface area contributed by atoms with E-state index in [1.807, 2.05) is 0 Å². The minimum atomic E-state index is 0.0521. The molecule has 1 N–H and O–H groups in total. The molecule has 7 atom stereocenters. The molecule has 0 aromatic carbocycles. The second kappa shape index (κ2) is 2.28. The quantitative estimate of drug-likeness (QED) is 0.567. The Balaban J connectivity index is 1.92. The SMILES string of the molecule is OCC12C=CC3OC4C(Br)C1CC4C32. The third kappa shape index (κ3) is 0.624. The Kier molecular flexibility index (Phi) is 1.35. The largest absolute Gasteiger partial charge is 0.395 e. The van der Waals surface area contributed by atoms with Crippen LogP contribution in [0.3, 0.4) is 0 Å². The summed E-state index contributed by atoms with van der Waals surface area (Å²) < 4.78 is 6.02. The van der Waals surface area contributed by atoms with Gasteiger partial charge in [-0.25, -0.2) is 0 Å². The molecule has 0 spiro atoms. The van der Waals surface area contributed by atoms with Crippen LogP contribution in [-0.4, -0.2) is 28.7 Å². The van der Waals surface area contributed by atoms with Crippen LogP contribution in [0.15, 0.2) is 12.2 Å². The van der Waals surface area contributed by atoms with Crippen LogP contribution in [0.4, 0.5) is 0 Å². The van der Waals surface area contributed by atoms with Gasteiger partial charge in [-0.3, -0.25) is 0 Å². The molecule has 0 amide bonds. The van der Waals surface area contributed by atoms with Crippen LogP contribution >= 0.6 is 15.9 Å². The number of aliphatic hydroxyl groups excluding tert-OH is 1. The first-order valence-electron chi connectivity index (χ1n) is 5.38. The van der Waals surface area contributed by atoms with Crippen molar-refractivity contribution in [3.8, 4) is 0 Å². The van der Waals surface area contributed by atoms with Crippen LogP contribution in [0.2, 0.25) is 0 Å². The molecule has 4 aliphatic rings. The maximum absolute atomic E-state index is 9.68. The molecule has 3 aliphatic carbocycles. The predicted molar refractivity (Wildman–Crippen MR) is 55.1 cm³/mol. The number of alkyl halides is 1. The summed E-state index contributed by atoms with van der Waals surface area (Å²) in [5.41, 5.74) is 0.0521. The second-order valence-electron chi connectivity index (χ2n) is 5.17. The lowest BCUT2D eigenvalue weighted by atomic mass is 9.68. The molecule has 1 aliphatic heterocycles. The van der Waals surface area contributed by atoms with Crippen molar-refractivity contribution in [2.75, 3.05) is 6.61 Å². The highest BCUT2D eigenvalue weighted by molar-refractivity contribution is 9.09. The van der Waals surface area contributed by atoms with E-state index in [-0.39, 0.29) is 5.41 Å². The summed E-state index contributed by atoms with van der Waals surface area (Å²) in [6, 6.07) is 0. The molecule has 76 valence electrons. The van der Waals surface area contributed by atoms with Crippen molar-refractivity contribution < 1.29 is 9.84 Å². The number of halogens is 1. The van der Waals surface area contributed by atoms with E-state index in [2.05, 4.69) is 28.1 Å². The van der Waals surface area contributed by atoms with Gasteiger partial charge in [-0.05, 0) is 18.3 Å². The zero-order valence-electron chi connectivity index (χ0n) is 7.77. The van der Waals surface area contributed by atoms with Crippen molar-refractivity contribution in [3.05, 3.63) is 12.2 Å². The fourth-order valence-corrected chi connectivity index (χ4v) is 5.70. The summed E-state index contributed by atoms with van der Waals surface area (Å²) >= 11 is 3.76. The molecule has 1 saturated heterocycles. The molecule has 2 saturated carbocycles. The van der Waals surface area contributed by atoms with Crippen LogP contribution in [0.5, 0.6) is 0 Å². The lowest BCUT2D eigenvalue weighted by molar-refractivity contribution is 0.0694. The fraction of sp³-hybridized carbons (Fsp3) is 0.818. The van der Waals surface area contributed by atoms with Gasteiger partial charge in [-0.15, -0.1) is 0 Å². The first kappa shape index (κ1) is 8.31. The van der Waals surface area contributed by atoms with E-state index in [4.69, 9.17) is 4.74 Å². The highest BCUT2D eigenvalue weighted by atomic mass is 79.9. The molecule has 1 heterocycles. The molecule has 0 aromatic heterocycles. The Labute approximate surface area is 91.5 Å². The smallest absolute Gasteiger partial charge is 0.0801 e. The van der Waals surface area contributed by atoms with E-state index >= 15 is 0 Å². The first-order valence-corrected chi connectivity index (χ1v) is 6.29. The lowest BCUT2D eigenvalue weighted by Crippen LogP contribution is -2.43. The molecule has 2 nitrogen and oxygen atoms in total. The minimum Gasteiger partial charge on any atom is -0.395 e. The summed E-state index contributed by atoms with van der Waals surface area (Å²) in [5, 5.41) is 9.68. The minimum absolute atomic E-state index is 0.0521. The van der Waals surface area contributed by atoms with Crippen LogP contribution < -0.4 is 0 Å². The molecule has 3 heteroatoms. The maximum atomic E-state index is 9.68. The Morgan fingerprint density at radius 2 is 2.43 bits per heavy atom. The Morgan fingerprint density at radius 3 is 3.21 bits per heavy atom. The van der Waals surface area contributed by atoms with Crippen LogP contribution in [0.25, 0.3) is 0 Å². The standard InChI is InChI=1S/C11H13BrO2/c12-9-6-3-5-8-7(14-10(5)9)1-2-11(6,8)4-13/h1-2,5-10,13H,3-4H2. The van der Waals surface area contributed by atoms with Gasteiger partial charge in [0.25, 0.3) is 0 Å². The Bertz CT molecular complexity index is 329. The van der Waals surface area contributed by atoms with Gasteiger partial charge < -0.3 is 9.84 Å². The molecular weight excluding hydrogens is 244 g/mol. The van der Waals surface area contributed by atoms with Gasteiger partial charge in [0.15, 0.2) is 0 Å². The summed E-state index contributed by atoms with van der Waals surface area (Å²) in [7, 11) is 0. The van der Waals surface area contributed by atoms with Crippen molar-refractivity contribution in [2.24, 2.45) is 23.2 Å². The first-order chi connectivity index (χ1) is 6.78. The van der Waals surface area contributed by atoms with Crippen molar-refractivity contribution in [2.45, 2.75) is 23.5 Å². The van der Waals surface area contributed by atoms with Gasteiger partial charge in [0, 0.05) is 16.2 Å². The molecule has 0 radical (unpaired) electrons. The molecule has 4 rings (SSSR count). The fourth-order valence-electron chi connectivity index (χ4n) is 4.48. The third-order valence-electron chi connectivity index (χ3n) is 4.96.